The third-order valence-corrected chi connectivity index (χ3v) is 5.66. The molecule has 1 aliphatic heterocycles. The molecule has 0 bridgehead atoms. The van der Waals surface area contributed by atoms with E-state index >= 15 is 0 Å². The molecule has 5 atom stereocenters. The number of aliphatic hydroxyl groups is 4. The molecule has 0 amide bonds. The first-order valence-electron chi connectivity index (χ1n) is 10.3. The molecule has 2 aromatic carbocycles. The molecular formula is C23H24O11. The van der Waals surface area contributed by atoms with Gasteiger partial charge < -0.3 is 48.9 Å². The van der Waals surface area contributed by atoms with E-state index in [1.54, 1.807) is 24.3 Å². The highest BCUT2D eigenvalue weighted by Gasteiger charge is 2.45. The molecule has 4 rings (SSSR count). The fourth-order valence-electron chi connectivity index (χ4n) is 3.75. The quantitative estimate of drug-likeness (QED) is 0.333. The molecule has 11 nitrogen and oxygen atoms in total. The average Bonchev–Trinajstić information content (AvgIpc) is 2.85. The van der Waals surface area contributed by atoms with E-state index in [4.69, 9.17) is 23.4 Å². The fourth-order valence-corrected chi connectivity index (χ4v) is 3.75. The maximum absolute atomic E-state index is 13.3. The van der Waals surface area contributed by atoms with Crippen molar-refractivity contribution in [2.75, 3.05) is 20.8 Å². The third kappa shape index (κ3) is 4.04. The van der Waals surface area contributed by atoms with Crippen molar-refractivity contribution >= 4 is 11.0 Å². The topological polar surface area (TPSA) is 168 Å². The summed E-state index contributed by atoms with van der Waals surface area (Å²) in [5.74, 6) is -0.452. The van der Waals surface area contributed by atoms with Crippen molar-refractivity contribution in [1.29, 1.82) is 0 Å². The Morgan fingerprint density at radius 2 is 1.71 bits per heavy atom. The van der Waals surface area contributed by atoms with Crippen LogP contribution in [0.2, 0.25) is 0 Å². The number of aliphatic hydroxyl groups excluding tert-OH is 4. The number of phenols is 1. The normalized spacial score (nSPS) is 24.7. The SMILES string of the molecule is COc1ccc(-c2coc3c(OC)c(O)c(O[C@@H]4O[C@H](CO)[C@@H](O)[C@H](O)[C@H]4O)cc3c2=O)cc1. The summed E-state index contributed by atoms with van der Waals surface area (Å²) in [6.45, 7) is -0.660. The zero-order valence-electron chi connectivity index (χ0n) is 18.2. The molecule has 1 fully saturated rings. The molecule has 3 aromatic rings. The minimum atomic E-state index is -1.72. The second kappa shape index (κ2) is 9.49. The van der Waals surface area contributed by atoms with Crippen LogP contribution in [0.25, 0.3) is 22.1 Å². The number of methoxy groups -OCH3 is 2. The van der Waals surface area contributed by atoms with Crippen LogP contribution >= 0.6 is 0 Å². The van der Waals surface area contributed by atoms with E-state index in [-0.39, 0.29) is 28.0 Å². The van der Waals surface area contributed by atoms with Crippen LogP contribution in [0.1, 0.15) is 0 Å². The number of phenolic OH excluding ortho intramolecular Hbond substituents is 1. The lowest BCUT2D eigenvalue weighted by Gasteiger charge is -2.39. The van der Waals surface area contributed by atoms with Gasteiger partial charge in [-0.2, -0.15) is 0 Å². The Bertz CT molecular complexity index is 1220. The van der Waals surface area contributed by atoms with Gasteiger partial charge >= 0.3 is 0 Å². The molecular weight excluding hydrogens is 452 g/mol. The molecule has 0 aliphatic carbocycles. The molecule has 0 radical (unpaired) electrons. The molecule has 182 valence electrons. The van der Waals surface area contributed by atoms with Crippen molar-refractivity contribution < 1.29 is 48.9 Å². The molecule has 5 N–H and O–H groups in total. The molecule has 34 heavy (non-hydrogen) atoms. The van der Waals surface area contributed by atoms with Crippen LogP contribution in [0.4, 0.5) is 0 Å². The molecule has 0 spiro atoms. The van der Waals surface area contributed by atoms with Crippen LogP contribution in [-0.4, -0.2) is 77.1 Å². The molecule has 1 aliphatic rings. The Hall–Kier alpha value is -3.35. The van der Waals surface area contributed by atoms with Gasteiger partial charge in [0.1, 0.15) is 36.4 Å². The zero-order valence-corrected chi connectivity index (χ0v) is 18.2. The van der Waals surface area contributed by atoms with Crippen LogP contribution in [-0.2, 0) is 4.74 Å². The van der Waals surface area contributed by atoms with Crippen LogP contribution in [0.5, 0.6) is 23.0 Å². The minimum absolute atomic E-state index is 0.00237. The zero-order chi connectivity index (χ0) is 24.6. The second-order valence-corrected chi connectivity index (χ2v) is 7.66. The first-order valence-corrected chi connectivity index (χ1v) is 10.3. The number of aromatic hydroxyl groups is 1. The minimum Gasteiger partial charge on any atom is -0.502 e. The summed E-state index contributed by atoms with van der Waals surface area (Å²) in [5.41, 5.74) is 0.286. The van der Waals surface area contributed by atoms with Crippen molar-refractivity contribution in [2.24, 2.45) is 0 Å². The van der Waals surface area contributed by atoms with E-state index < -0.39 is 48.5 Å². The predicted octanol–water partition coefficient (Wildman–Crippen LogP) is 0.361. The van der Waals surface area contributed by atoms with Gasteiger partial charge in [0.15, 0.2) is 11.3 Å². The van der Waals surface area contributed by atoms with Gasteiger partial charge in [-0.3, -0.25) is 4.79 Å². The van der Waals surface area contributed by atoms with Gasteiger partial charge in [0, 0.05) is 0 Å². The monoisotopic (exact) mass is 476 g/mol. The number of rotatable bonds is 6. The van der Waals surface area contributed by atoms with E-state index in [9.17, 15) is 30.3 Å². The molecule has 0 saturated carbocycles. The van der Waals surface area contributed by atoms with Crippen LogP contribution < -0.4 is 19.6 Å². The lowest BCUT2D eigenvalue weighted by Crippen LogP contribution is -2.60. The number of hydrogen-bond acceptors (Lipinski definition) is 11. The largest absolute Gasteiger partial charge is 0.502 e. The van der Waals surface area contributed by atoms with E-state index in [0.29, 0.717) is 11.3 Å². The van der Waals surface area contributed by atoms with Gasteiger partial charge in [0.05, 0.1) is 31.8 Å². The van der Waals surface area contributed by atoms with Crippen molar-refractivity contribution in [2.45, 2.75) is 30.7 Å². The predicted molar refractivity (Wildman–Crippen MR) is 117 cm³/mol. The molecule has 11 heteroatoms. The molecule has 1 saturated heterocycles. The molecule has 2 heterocycles. The number of benzene rings is 2. The lowest BCUT2D eigenvalue weighted by atomic mass is 9.99. The molecule has 0 unspecified atom stereocenters. The summed E-state index contributed by atoms with van der Waals surface area (Å²) in [6, 6.07) is 7.92. The van der Waals surface area contributed by atoms with Gasteiger partial charge in [0.25, 0.3) is 0 Å². The highest BCUT2D eigenvalue weighted by atomic mass is 16.7. The summed E-state index contributed by atoms with van der Waals surface area (Å²) in [7, 11) is 2.78. The smallest absolute Gasteiger partial charge is 0.229 e. The Morgan fingerprint density at radius 1 is 1.00 bits per heavy atom. The van der Waals surface area contributed by atoms with E-state index in [0.717, 1.165) is 0 Å². The highest BCUT2D eigenvalue weighted by Crippen LogP contribution is 2.43. The van der Waals surface area contributed by atoms with Crippen LogP contribution in [0.15, 0.2) is 45.8 Å². The Kier molecular flexibility index (Phi) is 6.64. The van der Waals surface area contributed by atoms with Crippen LogP contribution in [0, 0.1) is 0 Å². The average molecular weight is 476 g/mol. The number of fused-ring (bicyclic) bond motifs is 1. The van der Waals surface area contributed by atoms with Gasteiger partial charge in [-0.1, -0.05) is 12.1 Å². The standard InChI is InChI=1S/C23H24O11/c1-30-11-5-3-10(4-6-11)13-9-32-21-12(16(13)25)7-14(18(27)22(21)31-2)33-23-20(29)19(28)17(26)15(8-24)34-23/h3-7,9,15,17,19-20,23-24,26-29H,8H2,1-2H3/t15-,17-,19+,20-,23-/m1/s1. The third-order valence-electron chi connectivity index (χ3n) is 5.66. The van der Waals surface area contributed by atoms with E-state index in [1.807, 2.05) is 0 Å². The lowest BCUT2D eigenvalue weighted by molar-refractivity contribution is -0.277. The van der Waals surface area contributed by atoms with Gasteiger partial charge in [-0.25, -0.2) is 0 Å². The van der Waals surface area contributed by atoms with Crippen LogP contribution in [0.3, 0.4) is 0 Å². The van der Waals surface area contributed by atoms with Crippen molar-refractivity contribution in [1.82, 2.24) is 0 Å². The summed E-state index contributed by atoms with van der Waals surface area (Å²) in [6.07, 6.45) is -6.56. The molecule has 1 aromatic heterocycles. The van der Waals surface area contributed by atoms with E-state index in [1.165, 1.54) is 26.5 Å². The van der Waals surface area contributed by atoms with Crippen molar-refractivity contribution in [3.8, 4) is 34.1 Å². The first-order chi connectivity index (χ1) is 16.3. The number of ether oxygens (including phenoxy) is 4. The van der Waals surface area contributed by atoms with Crippen molar-refractivity contribution in [3.05, 3.63) is 46.8 Å². The summed E-state index contributed by atoms with van der Waals surface area (Å²) in [4.78, 5) is 13.3. The van der Waals surface area contributed by atoms with Crippen molar-refractivity contribution in [3.63, 3.8) is 0 Å². The first kappa shape index (κ1) is 23.8. The summed E-state index contributed by atoms with van der Waals surface area (Å²) in [5, 5.41) is 50.2. The van der Waals surface area contributed by atoms with Gasteiger partial charge in [0.2, 0.25) is 23.2 Å². The maximum Gasteiger partial charge on any atom is 0.229 e. The van der Waals surface area contributed by atoms with Gasteiger partial charge in [-0.15, -0.1) is 0 Å². The Morgan fingerprint density at radius 3 is 2.32 bits per heavy atom. The Balaban J connectivity index is 1.79. The second-order valence-electron chi connectivity index (χ2n) is 7.66. The highest BCUT2D eigenvalue weighted by molar-refractivity contribution is 5.90. The summed E-state index contributed by atoms with van der Waals surface area (Å²) < 4.78 is 26.8. The van der Waals surface area contributed by atoms with E-state index in [2.05, 4.69) is 0 Å². The Labute approximate surface area is 192 Å². The maximum atomic E-state index is 13.3. The van der Waals surface area contributed by atoms with Gasteiger partial charge in [-0.05, 0) is 23.8 Å². The fraction of sp³-hybridized carbons (Fsp3) is 0.348. The summed E-state index contributed by atoms with van der Waals surface area (Å²) >= 11 is 0. The number of hydrogen-bond donors (Lipinski definition) is 5.